The van der Waals surface area contributed by atoms with Crippen LogP contribution in [0.1, 0.15) is 12.5 Å². The van der Waals surface area contributed by atoms with Crippen LogP contribution in [0.25, 0.3) is 0 Å². The van der Waals surface area contributed by atoms with E-state index < -0.39 is 30.7 Å². The molecule has 0 bridgehead atoms. The first-order valence-electron chi connectivity index (χ1n) is 6.05. The van der Waals surface area contributed by atoms with Crippen LogP contribution in [0.2, 0.25) is 0 Å². The molecule has 6 heteroatoms. The van der Waals surface area contributed by atoms with Crippen LogP contribution in [-0.4, -0.2) is 51.1 Å². The number of rotatable bonds is 2. The Hall–Kier alpha value is -1.34. The topological polar surface area (TPSA) is 99.4 Å². The molecule has 106 valence electrons. The van der Waals surface area contributed by atoms with Crippen molar-refractivity contribution in [3.63, 3.8) is 0 Å². The normalized spacial score (nSPS) is 35.1. The standard InChI is InChI=1S/C13H18O6/c1-6-3-8(14)5-9(4-6)19-13-12(17)11(16)10(15)7(2)18-13/h3-5,7,10-17H,1-2H3. The number of phenolic OH excluding ortho intramolecular Hbond substituents is 1. The molecule has 1 fully saturated rings. The second-order valence-electron chi connectivity index (χ2n) is 4.80. The van der Waals surface area contributed by atoms with Crippen molar-refractivity contribution in [1.82, 2.24) is 0 Å². The van der Waals surface area contributed by atoms with E-state index in [9.17, 15) is 20.4 Å². The van der Waals surface area contributed by atoms with Gasteiger partial charge in [-0.05, 0) is 31.5 Å². The second kappa shape index (κ2) is 5.34. The number of phenols is 1. The van der Waals surface area contributed by atoms with Crippen molar-refractivity contribution in [2.45, 2.75) is 44.6 Å². The van der Waals surface area contributed by atoms with Crippen molar-refractivity contribution in [3.05, 3.63) is 23.8 Å². The van der Waals surface area contributed by atoms with Crippen LogP contribution < -0.4 is 4.74 Å². The minimum atomic E-state index is -1.37. The second-order valence-corrected chi connectivity index (χ2v) is 4.80. The lowest BCUT2D eigenvalue weighted by Crippen LogP contribution is -2.58. The van der Waals surface area contributed by atoms with Gasteiger partial charge in [0.25, 0.3) is 0 Å². The number of benzene rings is 1. The average molecular weight is 270 g/mol. The summed E-state index contributed by atoms with van der Waals surface area (Å²) in [6, 6.07) is 4.61. The third-order valence-corrected chi connectivity index (χ3v) is 3.10. The summed E-state index contributed by atoms with van der Waals surface area (Å²) < 4.78 is 10.7. The van der Waals surface area contributed by atoms with Crippen molar-refractivity contribution in [3.8, 4) is 11.5 Å². The van der Waals surface area contributed by atoms with Gasteiger partial charge >= 0.3 is 0 Å². The third kappa shape index (κ3) is 2.98. The van der Waals surface area contributed by atoms with Gasteiger partial charge in [0.2, 0.25) is 6.29 Å². The molecule has 0 amide bonds. The van der Waals surface area contributed by atoms with E-state index in [1.807, 2.05) is 0 Å². The van der Waals surface area contributed by atoms with Crippen LogP contribution >= 0.6 is 0 Å². The van der Waals surface area contributed by atoms with Gasteiger partial charge in [-0.1, -0.05) is 0 Å². The number of ether oxygens (including phenoxy) is 2. The molecule has 5 unspecified atom stereocenters. The van der Waals surface area contributed by atoms with Gasteiger partial charge in [0.15, 0.2) is 0 Å². The molecule has 2 rings (SSSR count). The Bertz CT molecular complexity index is 429. The molecule has 4 N–H and O–H groups in total. The summed E-state index contributed by atoms with van der Waals surface area (Å²) in [5.41, 5.74) is 0.786. The van der Waals surface area contributed by atoms with E-state index in [-0.39, 0.29) is 5.75 Å². The average Bonchev–Trinajstić information content (AvgIpc) is 2.32. The lowest BCUT2D eigenvalue weighted by Gasteiger charge is -2.38. The maximum absolute atomic E-state index is 9.80. The van der Waals surface area contributed by atoms with Gasteiger partial charge in [0.1, 0.15) is 29.8 Å². The zero-order valence-electron chi connectivity index (χ0n) is 10.7. The van der Waals surface area contributed by atoms with Gasteiger partial charge in [-0.2, -0.15) is 0 Å². The minimum absolute atomic E-state index is 0.0360. The Morgan fingerprint density at radius 3 is 2.37 bits per heavy atom. The minimum Gasteiger partial charge on any atom is -0.508 e. The summed E-state index contributed by atoms with van der Waals surface area (Å²) in [5.74, 6) is 0.353. The SMILES string of the molecule is Cc1cc(O)cc(OC2OC(C)C(O)C(O)C2O)c1. The fourth-order valence-electron chi connectivity index (χ4n) is 2.04. The van der Waals surface area contributed by atoms with Crippen molar-refractivity contribution < 1.29 is 29.9 Å². The van der Waals surface area contributed by atoms with E-state index in [1.54, 1.807) is 26.0 Å². The number of hydrogen-bond donors (Lipinski definition) is 4. The highest BCUT2D eigenvalue weighted by Crippen LogP contribution is 2.27. The van der Waals surface area contributed by atoms with Crippen molar-refractivity contribution in [1.29, 1.82) is 0 Å². The molecule has 0 radical (unpaired) electrons. The first-order valence-corrected chi connectivity index (χ1v) is 6.05. The van der Waals surface area contributed by atoms with Gasteiger partial charge in [-0.3, -0.25) is 0 Å². The highest BCUT2D eigenvalue weighted by atomic mass is 16.7. The van der Waals surface area contributed by atoms with Crippen LogP contribution in [-0.2, 0) is 4.74 Å². The first kappa shape index (κ1) is 14.1. The Morgan fingerprint density at radius 2 is 1.74 bits per heavy atom. The summed E-state index contributed by atoms with van der Waals surface area (Å²) in [6.45, 7) is 3.36. The van der Waals surface area contributed by atoms with Crippen LogP contribution in [0.3, 0.4) is 0 Å². The largest absolute Gasteiger partial charge is 0.508 e. The van der Waals surface area contributed by atoms with Crippen molar-refractivity contribution in [2.24, 2.45) is 0 Å². The monoisotopic (exact) mass is 270 g/mol. The summed E-state index contributed by atoms with van der Waals surface area (Å²) in [5, 5.41) is 38.5. The van der Waals surface area contributed by atoms with E-state index in [4.69, 9.17) is 9.47 Å². The lowest BCUT2D eigenvalue weighted by atomic mass is 10.00. The highest BCUT2D eigenvalue weighted by Gasteiger charge is 2.43. The molecule has 0 aliphatic carbocycles. The number of aliphatic hydroxyl groups is 3. The molecule has 6 nitrogen and oxygen atoms in total. The maximum atomic E-state index is 9.80. The zero-order valence-corrected chi connectivity index (χ0v) is 10.7. The van der Waals surface area contributed by atoms with E-state index in [1.165, 1.54) is 6.07 Å². The molecule has 0 spiro atoms. The predicted molar refractivity (Wildman–Crippen MR) is 65.8 cm³/mol. The predicted octanol–water partition coefficient (Wildman–Crippen LogP) is -0.0931. The number of aliphatic hydroxyl groups excluding tert-OH is 3. The van der Waals surface area contributed by atoms with Crippen LogP contribution in [0.5, 0.6) is 11.5 Å². The molecule has 0 aromatic heterocycles. The number of aryl methyl sites for hydroxylation is 1. The van der Waals surface area contributed by atoms with E-state index >= 15 is 0 Å². The molecule has 19 heavy (non-hydrogen) atoms. The molecule has 1 aromatic carbocycles. The summed E-state index contributed by atoms with van der Waals surface area (Å²) >= 11 is 0. The molecular formula is C13H18O6. The fourth-order valence-corrected chi connectivity index (χ4v) is 2.04. The molecular weight excluding hydrogens is 252 g/mol. The van der Waals surface area contributed by atoms with E-state index in [0.717, 1.165) is 5.56 Å². The smallest absolute Gasteiger partial charge is 0.229 e. The summed E-state index contributed by atoms with van der Waals surface area (Å²) in [4.78, 5) is 0. The van der Waals surface area contributed by atoms with Crippen LogP contribution in [0, 0.1) is 6.92 Å². The Balaban J connectivity index is 2.13. The molecule has 1 aromatic rings. The van der Waals surface area contributed by atoms with Gasteiger partial charge in [-0.15, -0.1) is 0 Å². The summed E-state index contributed by atoms with van der Waals surface area (Å²) in [7, 11) is 0. The third-order valence-electron chi connectivity index (χ3n) is 3.10. The van der Waals surface area contributed by atoms with Gasteiger partial charge in [0, 0.05) is 6.07 Å². The molecule has 5 atom stereocenters. The Kier molecular flexibility index (Phi) is 3.96. The fraction of sp³-hybridized carbons (Fsp3) is 0.538. The molecule has 1 heterocycles. The van der Waals surface area contributed by atoms with Gasteiger partial charge in [-0.25, -0.2) is 0 Å². The Labute approximate surface area is 110 Å². The van der Waals surface area contributed by atoms with Crippen LogP contribution in [0.15, 0.2) is 18.2 Å². The molecule has 1 saturated heterocycles. The van der Waals surface area contributed by atoms with Gasteiger partial charge < -0.3 is 29.9 Å². The quantitative estimate of drug-likeness (QED) is 0.599. The van der Waals surface area contributed by atoms with Gasteiger partial charge in [0.05, 0.1) is 6.10 Å². The Morgan fingerprint density at radius 1 is 1.05 bits per heavy atom. The van der Waals surface area contributed by atoms with Crippen molar-refractivity contribution in [2.75, 3.05) is 0 Å². The first-order chi connectivity index (χ1) is 8.88. The number of hydrogen-bond acceptors (Lipinski definition) is 6. The summed E-state index contributed by atoms with van der Waals surface area (Å²) in [6.07, 6.45) is -5.64. The maximum Gasteiger partial charge on any atom is 0.229 e. The molecule has 0 saturated carbocycles. The molecule has 1 aliphatic heterocycles. The number of aromatic hydroxyl groups is 1. The highest BCUT2D eigenvalue weighted by molar-refractivity contribution is 5.36. The van der Waals surface area contributed by atoms with Crippen LogP contribution in [0.4, 0.5) is 0 Å². The van der Waals surface area contributed by atoms with Crippen molar-refractivity contribution >= 4 is 0 Å². The van der Waals surface area contributed by atoms with E-state index in [2.05, 4.69) is 0 Å². The molecule has 1 aliphatic rings. The lowest BCUT2D eigenvalue weighted by molar-refractivity contribution is -0.268. The van der Waals surface area contributed by atoms with E-state index in [0.29, 0.717) is 5.75 Å². The zero-order chi connectivity index (χ0) is 14.2.